The SMILES string of the molecule is Cc1ccc(-c2noc(CN3CCCC(C)(CO)C3)n2)cc1. The lowest BCUT2D eigenvalue weighted by molar-refractivity contribution is 0.0382. The van der Waals surface area contributed by atoms with Gasteiger partial charge >= 0.3 is 0 Å². The van der Waals surface area contributed by atoms with E-state index < -0.39 is 0 Å². The summed E-state index contributed by atoms with van der Waals surface area (Å²) in [5.74, 6) is 1.27. The lowest BCUT2D eigenvalue weighted by Crippen LogP contribution is -2.43. The van der Waals surface area contributed by atoms with Crippen molar-refractivity contribution in [3.63, 3.8) is 0 Å². The van der Waals surface area contributed by atoms with Crippen LogP contribution in [0.5, 0.6) is 0 Å². The molecule has 5 heteroatoms. The van der Waals surface area contributed by atoms with Crippen LogP contribution in [0, 0.1) is 12.3 Å². The van der Waals surface area contributed by atoms with Gasteiger partial charge in [0.15, 0.2) is 0 Å². The van der Waals surface area contributed by atoms with Gasteiger partial charge in [-0.15, -0.1) is 0 Å². The van der Waals surface area contributed by atoms with Crippen molar-refractivity contribution >= 4 is 0 Å². The van der Waals surface area contributed by atoms with E-state index >= 15 is 0 Å². The van der Waals surface area contributed by atoms with Crippen molar-refractivity contribution in [3.05, 3.63) is 35.7 Å². The first kappa shape index (κ1) is 15.2. The van der Waals surface area contributed by atoms with E-state index in [4.69, 9.17) is 4.52 Å². The molecule has 1 aromatic heterocycles. The van der Waals surface area contributed by atoms with Crippen LogP contribution in [0.25, 0.3) is 11.4 Å². The van der Waals surface area contributed by atoms with Gasteiger partial charge in [-0.2, -0.15) is 4.98 Å². The molecule has 2 heterocycles. The van der Waals surface area contributed by atoms with E-state index in [1.54, 1.807) is 0 Å². The summed E-state index contributed by atoms with van der Waals surface area (Å²) in [6.45, 7) is 6.94. The van der Waals surface area contributed by atoms with E-state index in [2.05, 4.69) is 28.9 Å². The van der Waals surface area contributed by atoms with Crippen LogP contribution in [0.15, 0.2) is 28.8 Å². The fourth-order valence-corrected chi connectivity index (χ4v) is 3.02. The van der Waals surface area contributed by atoms with Crippen LogP contribution in [0.2, 0.25) is 0 Å². The number of piperidine rings is 1. The first-order valence-electron chi connectivity index (χ1n) is 7.81. The molecular formula is C17H23N3O2. The topological polar surface area (TPSA) is 62.4 Å². The summed E-state index contributed by atoms with van der Waals surface area (Å²) in [7, 11) is 0. The van der Waals surface area contributed by atoms with Gasteiger partial charge in [-0.05, 0) is 26.3 Å². The van der Waals surface area contributed by atoms with Gasteiger partial charge < -0.3 is 9.63 Å². The second kappa shape index (κ2) is 6.18. The van der Waals surface area contributed by atoms with Gasteiger partial charge in [0.1, 0.15) is 0 Å². The maximum atomic E-state index is 9.53. The lowest BCUT2D eigenvalue weighted by Gasteiger charge is -2.38. The van der Waals surface area contributed by atoms with E-state index in [0.717, 1.165) is 31.5 Å². The maximum absolute atomic E-state index is 9.53. The summed E-state index contributed by atoms with van der Waals surface area (Å²) in [6, 6.07) is 8.10. The highest BCUT2D eigenvalue weighted by atomic mass is 16.5. The Morgan fingerprint density at radius 2 is 2.09 bits per heavy atom. The van der Waals surface area contributed by atoms with Gasteiger partial charge in [0.05, 0.1) is 6.54 Å². The molecule has 0 saturated carbocycles. The summed E-state index contributed by atoms with van der Waals surface area (Å²) >= 11 is 0. The van der Waals surface area contributed by atoms with Gasteiger partial charge in [-0.1, -0.05) is 41.9 Å². The maximum Gasteiger partial charge on any atom is 0.241 e. The molecule has 1 aliphatic rings. The Bertz CT molecular complexity index is 623. The van der Waals surface area contributed by atoms with Crippen LogP contribution < -0.4 is 0 Å². The Balaban J connectivity index is 1.68. The minimum Gasteiger partial charge on any atom is -0.396 e. The summed E-state index contributed by atoms with van der Waals surface area (Å²) in [5.41, 5.74) is 2.17. The molecule has 0 bridgehead atoms. The molecule has 1 saturated heterocycles. The lowest BCUT2D eigenvalue weighted by atomic mass is 9.83. The molecule has 22 heavy (non-hydrogen) atoms. The molecule has 1 aromatic carbocycles. The van der Waals surface area contributed by atoms with Crippen LogP contribution in [0.3, 0.4) is 0 Å². The predicted octanol–water partition coefficient (Wildman–Crippen LogP) is 2.64. The van der Waals surface area contributed by atoms with Crippen LogP contribution in [-0.4, -0.2) is 39.8 Å². The van der Waals surface area contributed by atoms with Crippen molar-refractivity contribution in [1.29, 1.82) is 0 Å². The molecule has 1 N–H and O–H groups in total. The third-order valence-electron chi connectivity index (χ3n) is 4.38. The van der Waals surface area contributed by atoms with Gasteiger partial charge in [-0.3, -0.25) is 4.90 Å². The average molecular weight is 301 g/mol. The summed E-state index contributed by atoms with van der Waals surface area (Å²) in [5, 5.41) is 13.6. The number of aryl methyl sites for hydroxylation is 1. The monoisotopic (exact) mass is 301 g/mol. The Morgan fingerprint density at radius 3 is 2.82 bits per heavy atom. The third kappa shape index (κ3) is 3.36. The molecule has 0 amide bonds. The number of nitrogens with zero attached hydrogens (tertiary/aromatic N) is 3. The zero-order valence-electron chi connectivity index (χ0n) is 13.2. The smallest absolute Gasteiger partial charge is 0.241 e. The molecule has 1 fully saturated rings. The molecule has 1 atom stereocenters. The van der Waals surface area contributed by atoms with Gasteiger partial charge in [0, 0.05) is 24.1 Å². The van der Waals surface area contributed by atoms with E-state index in [1.165, 1.54) is 5.56 Å². The Kier molecular flexibility index (Phi) is 4.27. The van der Waals surface area contributed by atoms with Gasteiger partial charge in [0.25, 0.3) is 0 Å². The Hall–Kier alpha value is -1.72. The van der Waals surface area contributed by atoms with Crippen LogP contribution in [0.1, 0.15) is 31.2 Å². The highest BCUT2D eigenvalue weighted by Crippen LogP contribution is 2.29. The van der Waals surface area contributed by atoms with Crippen molar-refractivity contribution in [2.45, 2.75) is 33.2 Å². The molecule has 5 nitrogen and oxygen atoms in total. The number of benzene rings is 1. The Morgan fingerprint density at radius 1 is 1.32 bits per heavy atom. The van der Waals surface area contributed by atoms with Crippen molar-refractivity contribution in [2.75, 3.05) is 19.7 Å². The summed E-state index contributed by atoms with van der Waals surface area (Å²) < 4.78 is 5.39. The van der Waals surface area contributed by atoms with E-state index in [9.17, 15) is 5.11 Å². The van der Waals surface area contributed by atoms with Gasteiger partial charge in [-0.25, -0.2) is 0 Å². The third-order valence-corrected chi connectivity index (χ3v) is 4.38. The fraction of sp³-hybridized carbons (Fsp3) is 0.529. The zero-order valence-corrected chi connectivity index (χ0v) is 13.2. The highest BCUT2D eigenvalue weighted by Gasteiger charge is 2.31. The molecule has 1 aliphatic heterocycles. The number of aromatic nitrogens is 2. The Labute approximate surface area is 131 Å². The van der Waals surface area contributed by atoms with Crippen molar-refractivity contribution in [2.24, 2.45) is 5.41 Å². The van der Waals surface area contributed by atoms with E-state index in [-0.39, 0.29) is 12.0 Å². The standard InChI is InChI=1S/C17H23N3O2/c1-13-4-6-14(7-5-13)16-18-15(22-19-16)10-20-9-3-8-17(2,11-20)12-21/h4-7,21H,3,8-12H2,1-2H3. The summed E-state index contributed by atoms with van der Waals surface area (Å²) in [4.78, 5) is 6.78. The highest BCUT2D eigenvalue weighted by molar-refractivity contribution is 5.54. The predicted molar refractivity (Wildman–Crippen MR) is 84.2 cm³/mol. The second-order valence-corrected chi connectivity index (χ2v) is 6.66. The fourth-order valence-electron chi connectivity index (χ4n) is 3.02. The van der Waals surface area contributed by atoms with Crippen molar-refractivity contribution in [3.8, 4) is 11.4 Å². The number of hydrogen-bond donors (Lipinski definition) is 1. The molecule has 0 radical (unpaired) electrons. The van der Waals surface area contributed by atoms with Crippen molar-refractivity contribution < 1.29 is 9.63 Å². The molecule has 118 valence electrons. The van der Waals surface area contributed by atoms with Crippen LogP contribution in [-0.2, 0) is 6.54 Å². The molecular weight excluding hydrogens is 278 g/mol. The average Bonchev–Trinajstić information content (AvgIpc) is 2.96. The second-order valence-electron chi connectivity index (χ2n) is 6.66. The molecule has 0 aliphatic carbocycles. The molecule has 0 spiro atoms. The first-order chi connectivity index (χ1) is 10.6. The largest absolute Gasteiger partial charge is 0.396 e. The quantitative estimate of drug-likeness (QED) is 0.940. The first-order valence-corrected chi connectivity index (χ1v) is 7.81. The number of hydrogen-bond acceptors (Lipinski definition) is 5. The molecule has 1 unspecified atom stereocenters. The molecule has 3 rings (SSSR count). The van der Waals surface area contributed by atoms with E-state index in [1.807, 2.05) is 24.3 Å². The molecule has 2 aromatic rings. The number of aliphatic hydroxyl groups excluding tert-OH is 1. The van der Waals surface area contributed by atoms with Crippen LogP contribution in [0.4, 0.5) is 0 Å². The zero-order chi connectivity index (χ0) is 15.6. The normalized spacial score (nSPS) is 22.9. The number of likely N-dealkylation sites (tertiary alicyclic amines) is 1. The van der Waals surface area contributed by atoms with Crippen LogP contribution >= 0.6 is 0 Å². The summed E-state index contributed by atoms with van der Waals surface area (Å²) in [6.07, 6.45) is 2.16. The minimum absolute atomic E-state index is 0.0158. The minimum atomic E-state index is -0.0158. The number of rotatable bonds is 4. The number of aliphatic hydroxyl groups is 1. The van der Waals surface area contributed by atoms with E-state index in [0.29, 0.717) is 18.3 Å². The van der Waals surface area contributed by atoms with Gasteiger partial charge in [0.2, 0.25) is 11.7 Å². The van der Waals surface area contributed by atoms with Crippen molar-refractivity contribution in [1.82, 2.24) is 15.0 Å².